The third kappa shape index (κ3) is 31.3. The Balaban J connectivity index is 0.000000629. The van der Waals surface area contributed by atoms with E-state index in [2.05, 4.69) is 83.9 Å². The van der Waals surface area contributed by atoms with Crippen molar-refractivity contribution >= 4 is 59.4 Å². The Hall–Kier alpha value is -7.30. The van der Waals surface area contributed by atoms with Crippen molar-refractivity contribution in [2.75, 3.05) is 39.8 Å². The van der Waals surface area contributed by atoms with Gasteiger partial charge in [0, 0.05) is 81.7 Å². The average molecular weight is 1410 g/mol. The number of aromatic carboxylic acids is 1. The van der Waals surface area contributed by atoms with Crippen LogP contribution in [0.4, 0.5) is 0 Å². The number of carbonyl (C=O) groups is 10. The Kier molecular flexibility index (Phi) is 41.3. The van der Waals surface area contributed by atoms with Gasteiger partial charge in [-0.15, -0.1) is 0 Å². The molecule has 2 fully saturated rings. The number of allylic oxidation sites excluding steroid dienone is 2. The van der Waals surface area contributed by atoms with E-state index in [1.165, 1.54) is 19.4 Å². The van der Waals surface area contributed by atoms with E-state index in [4.69, 9.17) is 10.8 Å². The number of hydrogen-bond acceptors (Lipinski definition) is 14. The molecule has 5 rings (SSSR count). The summed E-state index contributed by atoms with van der Waals surface area (Å²) >= 11 is 0. The van der Waals surface area contributed by atoms with Gasteiger partial charge < -0.3 is 55.4 Å². The molecule has 0 aromatic carbocycles. The number of carbonyl (C=O) groups excluding carboxylic acids is 6. The van der Waals surface area contributed by atoms with Crippen molar-refractivity contribution in [2.45, 2.75) is 252 Å². The monoisotopic (exact) mass is 1400 g/mol. The van der Waals surface area contributed by atoms with Crippen molar-refractivity contribution in [3.63, 3.8) is 0 Å². The van der Waals surface area contributed by atoms with Crippen LogP contribution < -0.4 is 5.73 Å². The van der Waals surface area contributed by atoms with E-state index in [0.717, 1.165) is 45.1 Å². The summed E-state index contributed by atoms with van der Waals surface area (Å²) in [4.78, 5) is 136. The van der Waals surface area contributed by atoms with Crippen LogP contribution in [-0.2, 0) is 43.1 Å². The van der Waals surface area contributed by atoms with Crippen LogP contribution in [-0.4, -0.2) is 190 Å². The molecule has 23 heteroatoms. The molecule has 5 amide bonds. The molecule has 2 heterocycles. The largest absolute Gasteiger partial charge is 0.481 e. The Bertz CT molecular complexity index is 2830. The highest BCUT2D eigenvalue weighted by atomic mass is 16.5. The van der Waals surface area contributed by atoms with Crippen LogP contribution in [0.2, 0.25) is 0 Å². The molecule has 3 aliphatic carbocycles. The van der Waals surface area contributed by atoms with Gasteiger partial charge in [-0.1, -0.05) is 107 Å². The van der Waals surface area contributed by atoms with E-state index in [-0.39, 0.29) is 83.6 Å². The van der Waals surface area contributed by atoms with E-state index in [9.17, 15) is 63.3 Å². The SMILES string of the molecule is CC(C)CN(C(=O)[C@@H]1CC=CC[C@@H]1C(=O)O)C(C)C.CC(C)CN(C(=O)[C@@H]1CCCC[C@@H]1C(=O)O)C(C)C.CC(C)CN(C(=O)[C@H]1CCCC[C@@H]1C(=O)O)C(C)C.CC(C)CN(C(=O)c1ccc(-c2ccc(C(=O)O)cn2)nc1)C(C)C.COC(=O)[C@H](N)CCC(=O)N(CC(C)C)C(C)C. The van der Waals surface area contributed by atoms with Gasteiger partial charge in [-0.25, -0.2) is 4.79 Å². The zero-order valence-corrected chi connectivity index (χ0v) is 64.4. The molecule has 2 saturated carbocycles. The molecule has 23 nitrogen and oxygen atoms in total. The molecule has 100 heavy (non-hydrogen) atoms. The number of aliphatic carboxylic acids is 3. The quantitative estimate of drug-likeness (QED) is 0.0390. The third-order valence-electron chi connectivity index (χ3n) is 17.7. The first-order chi connectivity index (χ1) is 46.6. The molecule has 2 aromatic heterocycles. The highest BCUT2D eigenvalue weighted by Gasteiger charge is 2.41. The minimum absolute atomic E-state index is 0.0135. The molecule has 0 radical (unpaired) electrons. The molecular weight excluding hydrogens is 1280 g/mol. The first-order valence-corrected chi connectivity index (χ1v) is 36.5. The number of pyridine rings is 2. The van der Waals surface area contributed by atoms with Crippen molar-refractivity contribution < 1.29 is 73.1 Å². The van der Waals surface area contributed by atoms with Gasteiger partial charge in [-0.3, -0.25) is 53.1 Å². The zero-order valence-electron chi connectivity index (χ0n) is 64.4. The molecule has 0 bridgehead atoms. The molecular formula is C77H128N8O15. The predicted octanol–water partition coefficient (Wildman–Crippen LogP) is 12.6. The van der Waals surface area contributed by atoms with Crippen LogP contribution in [0.25, 0.3) is 11.4 Å². The summed E-state index contributed by atoms with van der Waals surface area (Å²) in [6.45, 7) is 44.2. The summed E-state index contributed by atoms with van der Waals surface area (Å²) in [5.41, 5.74) is 7.41. The van der Waals surface area contributed by atoms with E-state index in [1.807, 2.05) is 106 Å². The van der Waals surface area contributed by atoms with Gasteiger partial charge >= 0.3 is 29.8 Å². The fourth-order valence-corrected chi connectivity index (χ4v) is 12.4. The normalized spacial score (nSPS) is 18.4. The molecule has 0 unspecified atom stereocenters. The summed E-state index contributed by atoms with van der Waals surface area (Å²) in [5, 5.41) is 36.7. The van der Waals surface area contributed by atoms with Crippen molar-refractivity contribution in [1.29, 1.82) is 0 Å². The summed E-state index contributed by atoms with van der Waals surface area (Å²) < 4.78 is 4.53. The van der Waals surface area contributed by atoms with E-state index >= 15 is 0 Å². The van der Waals surface area contributed by atoms with Gasteiger partial charge in [0.15, 0.2) is 0 Å². The minimum atomic E-state index is -1.02. The molecule has 3 aliphatic rings. The second-order valence-electron chi connectivity index (χ2n) is 30.4. The molecule has 6 N–H and O–H groups in total. The molecule has 7 atom stereocenters. The maximum atomic E-state index is 12.7. The van der Waals surface area contributed by atoms with Gasteiger partial charge in [0.25, 0.3) is 5.91 Å². The number of carboxylic acid groups (broad SMARTS) is 4. The molecule has 566 valence electrons. The Labute approximate surface area is 598 Å². The number of ether oxygens (including phenoxy) is 1. The maximum Gasteiger partial charge on any atom is 0.337 e. The highest BCUT2D eigenvalue weighted by molar-refractivity contribution is 5.94. The van der Waals surface area contributed by atoms with E-state index < -0.39 is 59.6 Å². The Morgan fingerprint density at radius 2 is 0.740 bits per heavy atom. The van der Waals surface area contributed by atoms with Gasteiger partial charge in [0.1, 0.15) is 6.04 Å². The first kappa shape index (κ1) is 90.7. The number of hydrogen-bond donors (Lipinski definition) is 5. The lowest BCUT2D eigenvalue weighted by molar-refractivity contribution is -0.153. The number of nitrogens with two attached hydrogens (primary N) is 1. The predicted molar refractivity (Wildman–Crippen MR) is 391 cm³/mol. The standard InChI is InChI=1S/C19H23N3O3.2C15H27NO3.C15H25NO3.C13H26N2O3/c1-12(2)11-22(13(3)4)18(23)14-5-7-16(20-9-14)17-8-6-15(10-21-17)19(24)25;3*1-10(2)9-16(11(3)4)14(17)12-7-5-6-8-13(12)15(18)19;1-9(2)8-15(10(3)4)12(16)7-6-11(14)13(17)18-5/h5-10,12-13H,11H2,1-4H3,(H,24,25);2*10-13H,5-9H2,1-4H3,(H,18,19);5-6,10-13H,7-9H2,1-4H3,(H,18,19);9-11H,6-8,14H2,1-5H3/t;12-,13+;12-,13-;12-,13+;11-/m.1011/s1. The second-order valence-corrected chi connectivity index (χ2v) is 30.4. The summed E-state index contributed by atoms with van der Waals surface area (Å²) in [6, 6.07) is 6.46. The molecule has 0 spiro atoms. The molecule has 2 aromatic rings. The molecule has 0 saturated heterocycles. The lowest BCUT2D eigenvalue weighted by atomic mass is 9.78. The third-order valence-corrected chi connectivity index (χ3v) is 17.7. The lowest BCUT2D eigenvalue weighted by Crippen LogP contribution is -2.46. The maximum absolute atomic E-state index is 12.7. The Morgan fingerprint density at radius 1 is 0.430 bits per heavy atom. The fourth-order valence-electron chi connectivity index (χ4n) is 12.4. The number of aromatic nitrogens is 2. The highest BCUT2D eigenvalue weighted by Crippen LogP contribution is 2.35. The number of rotatable bonds is 28. The van der Waals surface area contributed by atoms with Crippen molar-refractivity contribution in [1.82, 2.24) is 34.5 Å². The number of amides is 5. The van der Waals surface area contributed by atoms with Crippen LogP contribution in [0.5, 0.6) is 0 Å². The second kappa shape index (κ2) is 45.5. The number of methoxy groups -OCH3 is 1. The zero-order chi connectivity index (χ0) is 76.6. The van der Waals surface area contributed by atoms with E-state index in [0.29, 0.717) is 105 Å². The summed E-state index contributed by atoms with van der Waals surface area (Å²) in [6.07, 6.45) is 14.7. The van der Waals surface area contributed by atoms with Gasteiger partial charge in [-0.2, -0.15) is 0 Å². The van der Waals surface area contributed by atoms with Gasteiger partial charge in [-0.05, 0) is 168 Å². The van der Waals surface area contributed by atoms with Crippen molar-refractivity contribution in [2.24, 2.45) is 70.8 Å². The lowest BCUT2D eigenvalue weighted by Gasteiger charge is -2.35. The number of esters is 1. The topological polar surface area (TPSA) is 329 Å². The van der Waals surface area contributed by atoms with Gasteiger partial charge in [0.2, 0.25) is 23.6 Å². The van der Waals surface area contributed by atoms with Gasteiger partial charge in [0.05, 0.1) is 65.1 Å². The van der Waals surface area contributed by atoms with Crippen LogP contribution in [0.3, 0.4) is 0 Å². The smallest absolute Gasteiger partial charge is 0.337 e. The van der Waals surface area contributed by atoms with Crippen LogP contribution in [0, 0.1) is 65.1 Å². The van der Waals surface area contributed by atoms with Crippen LogP contribution in [0.1, 0.15) is 236 Å². The average Bonchev–Trinajstić information content (AvgIpc) is 0.848. The first-order valence-electron chi connectivity index (χ1n) is 36.5. The number of nitrogens with zero attached hydrogens (tertiary/aromatic N) is 7. The van der Waals surface area contributed by atoms with Crippen LogP contribution in [0.15, 0.2) is 48.8 Å². The van der Waals surface area contributed by atoms with Crippen LogP contribution >= 0.6 is 0 Å². The Morgan fingerprint density at radius 3 is 1.04 bits per heavy atom. The summed E-state index contributed by atoms with van der Waals surface area (Å²) in [7, 11) is 1.29. The number of carboxylic acids is 4. The van der Waals surface area contributed by atoms with Crippen molar-refractivity contribution in [3.8, 4) is 11.4 Å². The van der Waals surface area contributed by atoms with Crippen molar-refractivity contribution in [3.05, 3.63) is 59.9 Å². The summed E-state index contributed by atoms with van der Waals surface area (Å²) in [5.74, 6) is -4.56. The fraction of sp³-hybridized carbons (Fsp3) is 0.714. The molecule has 0 aliphatic heterocycles. The minimum Gasteiger partial charge on any atom is -0.481 e. The van der Waals surface area contributed by atoms with E-state index in [1.54, 1.807) is 24.4 Å².